The number of pyridine rings is 1. The number of hydrogen-bond donors (Lipinski definition) is 0. The minimum atomic E-state index is -0.00410. The van der Waals surface area contributed by atoms with Crippen molar-refractivity contribution < 1.29 is 30.4 Å². The molecule has 0 spiro atoms. The zero-order chi connectivity index (χ0) is 32.3. The third-order valence-electron chi connectivity index (χ3n) is 8.78. The fourth-order valence-corrected chi connectivity index (χ4v) is 6.31. The topological polar surface area (TPSA) is 35.9 Å². The van der Waals surface area contributed by atoms with Crippen molar-refractivity contribution in [2.45, 2.75) is 40.0 Å². The van der Waals surface area contributed by atoms with Crippen LogP contribution in [0.3, 0.4) is 0 Å². The van der Waals surface area contributed by atoms with E-state index in [2.05, 4.69) is 147 Å². The second-order valence-corrected chi connectivity index (χ2v) is 13.1. The maximum absolute atomic E-state index is 6.48. The number of imidazole rings is 1. The van der Waals surface area contributed by atoms with E-state index in [1.165, 1.54) is 16.7 Å². The zero-order valence-corrected chi connectivity index (χ0v) is 29.8. The molecule has 0 fully saturated rings. The molecule has 48 heavy (non-hydrogen) atoms. The minimum Gasteiger partial charge on any atom is -0.510 e. The average Bonchev–Trinajstić information content (AvgIpc) is 3.62. The molecular formula is C42H34N4OPt-2. The first-order valence-corrected chi connectivity index (χ1v) is 15.9. The van der Waals surface area contributed by atoms with Crippen LogP contribution in [-0.2, 0) is 26.5 Å². The number of hydrogen-bond acceptors (Lipinski definition) is 2. The second-order valence-electron chi connectivity index (χ2n) is 13.1. The van der Waals surface area contributed by atoms with Gasteiger partial charge >= 0.3 is 0 Å². The Balaban J connectivity index is 0.00000364. The average molecular weight is 806 g/mol. The summed E-state index contributed by atoms with van der Waals surface area (Å²) in [5.41, 5.74) is 9.64. The van der Waals surface area contributed by atoms with E-state index in [9.17, 15) is 0 Å². The van der Waals surface area contributed by atoms with Gasteiger partial charge in [0.1, 0.15) is 5.82 Å². The third-order valence-corrected chi connectivity index (χ3v) is 8.78. The molecule has 8 rings (SSSR count). The summed E-state index contributed by atoms with van der Waals surface area (Å²) in [6.07, 6.45) is 5.47. The van der Waals surface area contributed by atoms with Gasteiger partial charge in [-0.05, 0) is 71.8 Å². The van der Waals surface area contributed by atoms with Gasteiger partial charge in [-0.15, -0.1) is 29.7 Å². The van der Waals surface area contributed by atoms with Gasteiger partial charge in [-0.2, -0.15) is 18.2 Å². The van der Waals surface area contributed by atoms with Crippen molar-refractivity contribution in [1.29, 1.82) is 0 Å². The predicted molar refractivity (Wildman–Crippen MR) is 188 cm³/mol. The van der Waals surface area contributed by atoms with E-state index < -0.39 is 0 Å². The Morgan fingerprint density at radius 2 is 1.48 bits per heavy atom. The van der Waals surface area contributed by atoms with Gasteiger partial charge in [-0.1, -0.05) is 80.4 Å². The Kier molecular flexibility index (Phi) is 8.05. The van der Waals surface area contributed by atoms with Crippen LogP contribution in [-0.4, -0.2) is 14.1 Å². The molecule has 0 unspecified atom stereocenters. The molecule has 0 saturated heterocycles. The number of para-hydroxylation sites is 2. The summed E-state index contributed by atoms with van der Waals surface area (Å²) in [5, 5.41) is 2.24. The summed E-state index contributed by atoms with van der Waals surface area (Å²) < 4.78 is 12.8. The van der Waals surface area contributed by atoms with Gasteiger partial charge in [0.2, 0.25) is 0 Å². The van der Waals surface area contributed by atoms with Crippen LogP contribution in [0.2, 0.25) is 0 Å². The van der Waals surface area contributed by atoms with Crippen molar-refractivity contribution in [3.05, 3.63) is 151 Å². The van der Waals surface area contributed by atoms with E-state index in [4.69, 9.17) is 9.72 Å². The Bertz CT molecular complexity index is 2450. The molecule has 0 amide bonds. The quantitative estimate of drug-likeness (QED) is 0.128. The normalized spacial score (nSPS) is 11.7. The van der Waals surface area contributed by atoms with Crippen LogP contribution in [0.5, 0.6) is 11.5 Å². The molecule has 5 nitrogen and oxygen atoms in total. The van der Waals surface area contributed by atoms with Gasteiger partial charge in [0.25, 0.3) is 6.33 Å². The number of nitrogens with zero attached hydrogens (tertiary/aromatic N) is 4. The molecule has 0 radical (unpaired) electrons. The molecular weight excluding hydrogens is 772 g/mol. The second kappa shape index (κ2) is 12.2. The van der Waals surface area contributed by atoms with Crippen LogP contribution >= 0.6 is 0 Å². The standard InChI is InChI=1S/C42H34N4O.Pt/c1-28-16-18-31(19-17-28)45-27-44(38-15-8-10-29(2)41(38)45)32-11-9-12-33(25-32)47-34-20-21-36-35-13-6-7-14-37(35)46(39(36)26-34)40-24-30(22-23-43-40)42(3,4)5;/h6-24H,1-5H3;/q-2;. The van der Waals surface area contributed by atoms with Gasteiger partial charge in [0.05, 0.1) is 16.7 Å². The monoisotopic (exact) mass is 805 g/mol. The van der Waals surface area contributed by atoms with Crippen molar-refractivity contribution >= 4 is 32.8 Å². The number of aryl methyl sites for hydroxylation is 2. The van der Waals surface area contributed by atoms with E-state index in [1.807, 2.05) is 35.0 Å². The minimum absolute atomic E-state index is 0. The van der Waals surface area contributed by atoms with Crippen molar-refractivity contribution in [2.75, 3.05) is 0 Å². The Hall–Kier alpha value is -4.99. The van der Waals surface area contributed by atoms with Crippen LogP contribution in [0.15, 0.2) is 115 Å². The molecule has 6 heteroatoms. The first kappa shape index (κ1) is 31.6. The van der Waals surface area contributed by atoms with Crippen molar-refractivity contribution in [2.24, 2.45) is 0 Å². The van der Waals surface area contributed by atoms with Gasteiger partial charge < -0.3 is 13.9 Å². The number of aromatic nitrogens is 4. The maximum Gasteiger partial charge on any atom is 0.268 e. The van der Waals surface area contributed by atoms with Crippen LogP contribution in [0.25, 0.3) is 50.0 Å². The fraction of sp³-hybridized carbons (Fsp3) is 0.143. The molecule has 5 aromatic carbocycles. The Morgan fingerprint density at radius 1 is 0.729 bits per heavy atom. The van der Waals surface area contributed by atoms with Gasteiger partial charge in [0.15, 0.2) is 0 Å². The van der Waals surface area contributed by atoms with E-state index in [-0.39, 0.29) is 26.5 Å². The predicted octanol–water partition coefficient (Wildman–Crippen LogP) is 9.50. The summed E-state index contributed by atoms with van der Waals surface area (Å²) in [4.78, 5) is 4.80. The summed E-state index contributed by atoms with van der Waals surface area (Å²) in [6.45, 7) is 10.9. The zero-order valence-electron chi connectivity index (χ0n) is 27.5. The number of fused-ring (bicyclic) bond motifs is 4. The number of rotatable bonds is 5. The molecule has 8 aromatic rings. The Labute approximate surface area is 295 Å². The van der Waals surface area contributed by atoms with Crippen LogP contribution in [0, 0.1) is 32.3 Å². The number of ether oxygens (including phenoxy) is 1. The SMILES string of the molecule is Cc1ccc(-[n+]2[c-]n(-c3[c-]c(Oc4[c-]c5c(cc4)c4ccccc4n5-c4cc(C(C)(C)C)ccn4)ccc3)c3cccc(C)c32)cc1.[Pt]. The van der Waals surface area contributed by atoms with E-state index >= 15 is 0 Å². The van der Waals surface area contributed by atoms with E-state index in [0.29, 0.717) is 11.5 Å². The van der Waals surface area contributed by atoms with Crippen LogP contribution < -0.4 is 9.30 Å². The van der Waals surface area contributed by atoms with Crippen LogP contribution in [0.1, 0.15) is 37.5 Å². The van der Waals surface area contributed by atoms with E-state index in [0.717, 1.165) is 50.0 Å². The largest absolute Gasteiger partial charge is 0.510 e. The molecule has 0 N–H and O–H groups in total. The maximum atomic E-state index is 6.48. The molecule has 0 aliphatic heterocycles. The summed E-state index contributed by atoms with van der Waals surface area (Å²) >= 11 is 0. The summed E-state index contributed by atoms with van der Waals surface area (Å²) in [6, 6.07) is 44.6. The first-order chi connectivity index (χ1) is 22.7. The molecule has 0 bridgehead atoms. The molecule has 3 heterocycles. The van der Waals surface area contributed by atoms with Gasteiger partial charge in [0, 0.05) is 44.3 Å². The third kappa shape index (κ3) is 5.52. The smallest absolute Gasteiger partial charge is 0.268 e. The van der Waals surface area contributed by atoms with Crippen molar-refractivity contribution in [3.63, 3.8) is 0 Å². The summed E-state index contributed by atoms with van der Waals surface area (Å²) in [5.74, 6) is 2.06. The molecule has 0 saturated carbocycles. The van der Waals surface area contributed by atoms with Crippen LogP contribution in [0.4, 0.5) is 0 Å². The first-order valence-electron chi connectivity index (χ1n) is 15.9. The van der Waals surface area contributed by atoms with E-state index in [1.54, 1.807) is 0 Å². The fourth-order valence-electron chi connectivity index (χ4n) is 6.31. The molecule has 0 aliphatic carbocycles. The van der Waals surface area contributed by atoms with Crippen molar-refractivity contribution in [3.8, 4) is 28.7 Å². The van der Waals surface area contributed by atoms with Gasteiger partial charge in [-0.25, -0.2) is 4.98 Å². The van der Waals surface area contributed by atoms with Crippen molar-refractivity contribution in [1.82, 2.24) is 14.1 Å². The molecule has 0 aliphatic rings. The van der Waals surface area contributed by atoms with Gasteiger partial charge in [-0.3, -0.25) is 4.57 Å². The summed E-state index contributed by atoms with van der Waals surface area (Å²) in [7, 11) is 0. The molecule has 3 aromatic heterocycles. The molecule has 0 atom stereocenters. The Morgan fingerprint density at radius 3 is 2.29 bits per heavy atom. The molecule has 240 valence electrons. The number of benzene rings is 5.